The summed E-state index contributed by atoms with van der Waals surface area (Å²) in [7, 11) is 0. The van der Waals surface area contributed by atoms with Crippen LogP contribution in [0, 0.1) is 5.92 Å². The van der Waals surface area contributed by atoms with Crippen molar-refractivity contribution in [2.24, 2.45) is 11.7 Å². The Bertz CT molecular complexity index is 536. The van der Waals surface area contributed by atoms with Crippen LogP contribution in [0.15, 0.2) is 24.3 Å². The highest BCUT2D eigenvalue weighted by Crippen LogP contribution is 2.16. The molecule has 0 bridgehead atoms. The maximum absolute atomic E-state index is 11.9. The molecule has 3 N–H and O–H groups in total. The van der Waals surface area contributed by atoms with Gasteiger partial charge in [0, 0.05) is 11.6 Å². The maximum Gasteiger partial charge on any atom is 0.234 e. The molecule has 6 nitrogen and oxygen atoms in total. The predicted molar refractivity (Wildman–Crippen MR) is 88.3 cm³/mol. The van der Waals surface area contributed by atoms with Gasteiger partial charge in [0.05, 0.1) is 19.0 Å². The van der Waals surface area contributed by atoms with Crippen molar-refractivity contribution in [1.82, 2.24) is 10.2 Å². The minimum Gasteiger partial charge on any atom is -0.492 e. The molecule has 0 unspecified atom stereocenters. The SMILES string of the molecule is NC(=O)[C@@H]1CCCN(CC(=O)NCCOc2ccc(Cl)cc2)C1. The van der Waals surface area contributed by atoms with E-state index in [1.54, 1.807) is 24.3 Å². The molecule has 0 saturated carbocycles. The van der Waals surface area contributed by atoms with E-state index in [-0.39, 0.29) is 24.3 Å². The van der Waals surface area contributed by atoms with E-state index in [4.69, 9.17) is 22.1 Å². The molecule has 1 atom stereocenters. The molecule has 1 aromatic rings. The third-order valence-corrected chi connectivity index (χ3v) is 4.03. The van der Waals surface area contributed by atoms with Crippen molar-refractivity contribution < 1.29 is 14.3 Å². The lowest BCUT2D eigenvalue weighted by atomic mass is 9.97. The summed E-state index contributed by atoms with van der Waals surface area (Å²) in [6.45, 7) is 2.47. The van der Waals surface area contributed by atoms with Gasteiger partial charge in [-0.3, -0.25) is 14.5 Å². The van der Waals surface area contributed by atoms with Crippen molar-refractivity contribution in [3.05, 3.63) is 29.3 Å². The third kappa shape index (κ3) is 6.08. The van der Waals surface area contributed by atoms with Gasteiger partial charge in [-0.05, 0) is 43.7 Å². The van der Waals surface area contributed by atoms with Crippen LogP contribution in [-0.2, 0) is 9.59 Å². The van der Waals surface area contributed by atoms with E-state index in [1.807, 2.05) is 4.90 Å². The van der Waals surface area contributed by atoms with Crippen LogP contribution in [0.25, 0.3) is 0 Å². The molecule has 1 aliphatic heterocycles. The molecule has 23 heavy (non-hydrogen) atoms. The van der Waals surface area contributed by atoms with Crippen molar-refractivity contribution in [3.63, 3.8) is 0 Å². The molecule has 2 rings (SSSR count). The highest BCUT2D eigenvalue weighted by Gasteiger charge is 2.24. The number of ether oxygens (including phenoxy) is 1. The van der Waals surface area contributed by atoms with E-state index in [0.717, 1.165) is 19.4 Å². The number of primary amides is 1. The minimum atomic E-state index is -0.286. The molecular weight excluding hydrogens is 318 g/mol. The lowest BCUT2D eigenvalue weighted by Gasteiger charge is -2.30. The molecule has 0 spiro atoms. The number of nitrogens with zero attached hydrogens (tertiary/aromatic N) is 1. The van der Waals surface area contributed by atoms with Gasteiger partial charge < -0.3 is 15.8 Å². The highest BCUT2D eigenvalue weighted by molar-refractivity contribution is 6.30. The van der Waals surface area contributed by atoms with E-state index in [0.29, 0.717) is 30.5 Å². The summed E-state index contributed by atoms with van der Waals surface area (Å²) in [6, 6.07) is 7.06. The number of halogens is 1. The predicted octanol–water partition coefficient (Wildman–Crippen LogP) is 1.03. The van der Waals surface area contributed by atoms with Crippen molar-refractivity contribution in [2.45, 2.75) is 12.8 Å². The molecule has 1 heterocycles. The molecule has 1 aliphatic rings. The first-order chi connectivity index (χ1) is 11.0. The Labute approximate surface area is 140 Å². The minimum absolute atomic E-state index is 0.0742. The quantitative estimate of drug-likeness (QED) is 0.727. The van der Waals surface area contributed by atoms with Gasteiger partial charge in [0.1, 0.15) is 12.4 Å². The van der Waals surface area contributed by atoms with Gasteiger partial charge in [-0.15, -0.1) is 0 Å². The second kappa shape index (κ2) is 8.74. The number of hydrogen-bond donors (Lipinski definition) is 2. The molecule has 1 saturated heterocycles. The molecule has 0 radical (unpaired) electrons. The Kier molecular flexibility index (Phi) is 6.67. The Balaban J connectivity index is 1.63. The zero-order chi connectivity index (χ0) is 16.7. The second-order valence-electron chi connectivity index (χ2n) is 5.63. The van der Waals surface area contributed by atoms with Gasteiger partial charge in [0.25, 0.3) is 0 Å². The fourth-order valence-corrected chi connectivity index (χ4v) is 2.71. The topological polar surface area (TPSA) is 84.7 Å². The van der Waals surface area contributed by atoms with Crippen LogP contribution in [0.5, 0.6) is 5.75 Å². The first-order valence-electron chi connectivity index (χ1n) is 7.71. The van der Waals surface area contributed by atoms with E-state index >= 15 is 0 Å². The molecule has 0 aliphatic carbocycles. The Morgan fingerprint density at radius 2 is 2.09 bits per heavy atom. The molecular formula is C16H22ClN3O3. The first-order valence-corrected chi connectivity index (χ1v) is 8.09. The molecule has 7 heteroatoms. The van der Waals surface area contributed by atoms with Gasteiger partial charge in [0.2, 0.25) is 11.8 Å². The van der Waals surface area contributed by atoms with Crippen LogP contribution in [0.1, 0.15) is 12.8 Å². The number of carbonyl (C=O) groups excluding carboxylic acids is 2. The molecule has 1 aromatic carbocycles. The van der Waals surface area contributed by atoms with Crippen molar-refractivity contribution in [3.8, 4) is 5.75 Å². The van der Waals surface area contributed by atoms with Gasteiger partial charge >= 0.3 is 0 Å². The number of rotatable bonds is 7. The zero-order valence-corrected chi connectivity index (χ0v) is 13.7. The lowest BCUT2D eigenvalue weighted by molar-refractivity contribution is -0.126. The Morgan fingerprint density at radius 3 is 2.78 bits per heavy atom. The van der Waals surface area contributed by atoms with Crippen molar-refractivity contribution in [2.75, 3.05) is 32.8 Å². The van der Waals surface area contributed by atoms with Crippen molar-refractivity contribution in [1.29, 1.82) is 0 Å². The number of nitrogens with one attached hydrogen (secondary N) is 1. The van der Waals surface area contributed by atoms with E-state index in [9.17, 15) is 9.59 Å². The van der Waals surface area contributed by atoms with Crippen LogP contribution < -0.4 is 15.8 Å². The van der Waals surface area contributed by atoms with Crippen LogP contribution >= 0.6 is 11.6 Å². The van der Waals surface area contributed by atoms with Gasteiger partial charge in [-0.1, -0.05) is 11.6 Å². The number of hydrogen-bond acceptors (Lipinski definition) is 4. The van der Waals surface area contributed by atoms with Gasteiger partial charge in [-0.2, -0.15) is 0 Å². The number of nitrogens with two attached hydrogens (primary N) is 1. The molecule has 1 fully saturated rings. The van der Waals surface area contributed by atoms with E-state index < -0.39 is 0 Å². The van der Waals surface area contributed by atoms with Crippen LogP contribution in [0.2, 0.25) is 5.02 Å². The van der Waals surface area contributed by atoms with Crippen LogP contribution in [0.4, 0.5) is 0 Å². The second-order valence-corrected chi connectivity index (χ2v) is 6.07. The largest absolute Gasteiger partial charge is 0.492 e. The maximum atomic E-state index is 11.9. The normalized spacial score (nSPS) is 18.4. The van der Waals surface area contributed by atoms with Crippen LogP contribution in [-0.4, -0.2) is 49.5 Å². The summed E-state index contributed by atoms with van der Waals surface area (Å²) in [5.41, 5.74) is 5.33. The monoisotopic (exact) mass is 339 g/mol. The zero-order valence-electron chi connectivity index (χ0n) is 13.0. The number of benzene rings is 1. The Hall–Kier alpha value is -1.79. The summed E-state index contributed by atoms with van der Waals surface area (Å²) in [6.07, 6.45) is 1.70. The van der Waals surface area contributed by atoms with E-state index in [1.165, 1.54) is 0 Å². The average Bonchev–Trinajstić information content (AvgIpc) is 2.53. The lowest BCUT2D eigenvalue weighted by Crippen LogP contribution is -2.46. The highest BCUT2D eigenvalue weighted by atomic mass is 35.5. The van der Waals surface area contributed by atoms with E-state index in [2.05, 4.69) is 5.32 Å². The summed E-state index contributed by atoms with van der Waals surface area (Å²) in [5.74, 6) is 0.204. The summed E-state index contributed by atoms with van der Waals surface area (Å²) < 4.78 is 5.50. The number of piperidine rings is 1. The van der Waals surface area contributed by atoms with Gasteiger partial charge in [0.15, 0.2) is 0 Å². The van der Waals surface area contributed by atoms with Crippen molar-refractivity contribution >= 4 is 23.4 Å². The standard InChI is InChI=1S/C16H22ClN3O3/c17-13-3-5-14(6-4-13)23-9-7-19-15(21)11-20-8-1-2-12(10-20)16(18)22/h3-6,12H,1-2,7-11H2,(H2,18,22)(H,19,21)/t12-/m1/s1. The smallest absolute Gasteiger partial charge is 0.234 e. The fourth-order valence-electron chi connectivity index (χ4n) is 2.58. The molecule has 126 valence electrons. The first kappa shape index (κ1) is 17.6. The number of amides is 2. The third-order valence-electron chi connectivity index (χ3n) is 3.78. The van der Waals surface area contributed by atoms with Crippen LogP contribution in [0.3, 0.4) is 0 Å². The number of carbonyl (C=O) groups is 2. The number of likely N-dealkylation sites (tertiary alicyclic amines) is 1. The molecule has 2 amide bonds. The summed E-state index contributed by atoms with van der Waals surface area (Å²) in [4.78, 5) is 25.1. The van der Waals surface area contributed by atoms with Gasteiger partial charge in [-0.25, -0.2) is 0 Å². The summed E-state index contributed by atoms with van der Waals surface area (Å²) in [5, 5.41) is 3.46. The molecule has 0 aromatic heterocycles. The fraction of sp³-hybridized carbons (Fsp3) is 0.500. The Morgan fingerprint density at radius 1 is 1.35 bits per heavy atom. The average molecular weight is 340 g/mol. The summed E-state index contributed by atoms with van der Waals surface area (Å²) >= 11 is 5.79.